The van der Waals surface area contributed by atoms with Crippen LogP contribution in [0.2, 0.25) is 0 Å². The molecule has 0 radical (unpaired) electrons. The zero-order chi connectivity index (χ0) is 19.7. The summed E-state index contributed by atoms with van der Waals surface area (Å²) < 4.78 is 15.0. The van der Waals surface area contributed by atoms with Crippen LogP contribution in [0, 0.1) is 0 Å². The van der Waals surface area contributed by atoms with Crippen molar-refractivity contribution in [2.75, 3.05) is 25.7 Å². The van der Waals surface area contributed by atoms with Crippen molar-refractivity contribution in [3.05, 3.63) is 30.3 Å². The van der Waals surface area contributed by atoms with Crippen molar-refractivity contribution in [2.24, 2.45) is 0 Å². The Kier molecular flexibility index (Phi) is 8.05. The summed E-state index contributed by atoms with van der Waals surface area (Å²) in [6.07, 6.45) is -2.15. The van der Waals surface area contributed by atoms with Crippen LogP contribution in [0.4, 0.5) is 10.5 Å². The number of benzene rings is 1. The summed E-state index contributed by atoms with van der Waals surface area (Å²) in [6.45, 7) is 5.00. The molecule has 0 fully saturated rings. The summed E-state index contributed by atoms with van der Waals surface area (Å²) in [6, 6.07) is 9.12. The van der Waals surface area contributed by atoms with Gasteiger partial charge in [0.05, 0.1) is 20.1 Å². The summed E-state index contributed by atoms with van der Waals surface area (Å²) in [5, 5.41) is 2.28. The van der Waals surface area contributed by atoms with E-state index in [-0.39, 0.29) is 18.9 Å². The topological polar surface area (TPSA) is 94.2 Å². The third-order valence-electron chi connectivity index (χ3n) is 3.18. The van der Waals surface area contributed by atoms with Gasteiger partial charge in [-0.05, 0) is 32.9 Å². The van der Waals surface area contributed by atoms with Crippen LogP contribution in [0.5, 0.6) is 0 Å². The highest BCUT2D eigenvalue weighted by Gasteiger charge is 2.26. The predicted octanol–water partition coefficient (Wildman–Crippen LogP) is 2.08. The minimum Gasteiger partial charge on any atom is -0.466 e. The molecule has 26 heavy (non-hydrogen) atoms. The standard InChI is InChI=1S/C18H26N2O6/c1-18(2,3)26-17(23)19-15(16(22)24-5)25-12-11-14(21)20(4)13-9-7-6-8-10-13/h6-10,15H,11-12H2,1-5H3,(H,19,23). The zero-order valence-electron chi connectivity index (χ0n) is 15.8. The average Bonchev–Trinajstić information content (AvgIpc) is 2.58. The van der Waals surface area contributed by atoms with Crippen LogP contribution in [0.15, 0.2) is 30.3 Å². The number of carbonyl (C=O) groups is 3. The maximum atomic E-state index is 12.2. The van der Waals surface area contributed by atoms with Gasteiger partial charge in [-0.1, -0.05) is 18.2 Å². The molecule has 0 saturated carbocycles. The number of amides is 2. The Labute approximate surface area is 153 Å². The number of rotatable bonds is 7. The molecule has 1 atom stereocenters. The average molecular weight is 366 g/mol. The van der Waals surface area contributed by atoms with Crippen LogP contribution in [0.3, 0.4) is 0 Å². The van der Waals surface area contributed by atoms with Crippen LogP contribution in [0.1, 0.15) is 27.2 Å². The normalized spacial score (nSPS) is 12.0. The van der Waals surface area contributed by atoms with Gasteiger partial charge in [-0.15, -0.1) is 0 Å². The summed E-state index contributed by atoms with van der Waals surface area (Å²) >= 11 is 0. The smallest absolute Gasteiger partial charge is 0.410 e. The van der Waals surface area contributed by atoms with Crippen LogP contribution in [0.25, 0.3) is 0 Å². The summed E-state index contributed by atoms with van der Waals surface area (Å²) in [5.74, 6) is -0.989. The van der Waals surface area contributed by atoms with E-state index >= 15 is 0 Å². The fourth-order valence-corrected chi connectivity index (χ4v) is 1.92. The maximum absolute atomic E-state index is 12.2. The number of ether oxygens (including phenoxy) is 3. The van der Waals surface area contributed by atoms with E-state index in [0.29, 0.717) is 0 Å². The highest BCUT2D eigenvalue weighted by Crippen LogP contribution is 2.12. The number of nitrogens with one attached hydrogen (secondary N) is 1. The number of para-hydroxylation sites is 1. The predicted molar refractivity (Wildman–Crippen MR) is 95.6 cm³/mol. The van der Waals surface area contributed by atoms with Crippen molar-refractivity contribution in [3.8, 4) is 0 Å². The van der Waals surface area contributed by atoms with Crippen LogP contribution >= 0.6 is 0 Å². The van der Waals surface area contributed by atoms with E-state index in [4.69, 9.17) is 9.47 Å². The number of hydrogen-bond acceptors (Lipinski definition) is 6. The molecule has 8 heteroatoms. The van der Waals surface area contributed by atoms with Gasteiger partial charge < -0.3 is 19.1 Å². The highest BCUT2D eigenvalue weighted by atomic mass is 16.6. The second-order valence-electron chi connectivity index (χ2n) is 6.46. The lowest BCUT2D eigenvalue weighted by atomic mass is 10.2. The molecule has 0 heterocycles. The minimum atomic E-state index is -1.36. The molecule has 0 spiro atoms. The Hall–Kier alpha value is -2.61. The third-order valence-corrected chi connectivity index (χ3v) is 3.18. The van der Waals surface area contributed by atoms with E-state index in [1.807, 2.05) is 18.2 Å². The molecule has 0 bridgehead atoms. The number of methoxy groups -OCH3 is 1. The fraction of sp³-hybridized carbons (Fsp3) is 0.500. The Balaban J connectivity index is 2.55. The van der Waals surface area contributed by atoms with Crippen molar-refractivity contribution >= 4 is 23.7 Å². The molecule has 0 aliphatic rings. The zero-order valence-corrected chi connectivity index (χ0v) is 15.8. The van der Waals surface area contributed by atoms with E-state index in [2.05, 4.69) is 10.1 Å². The Morgan fingerprint density at radius 1 is 1.15 bits per heavy atom. The van der Waals surface area contributed by atoms with Crippen LogP contribution in [-0.4, -0.2) is 50.6 Å². The molecule has 0 aliphatic heterocycles. The molecule has 8 nitrogen and oxygen atoms in total. The number of alkyl carbamates (subject to hydrolysis) is 1. The summed E-state index contributed by atoms with van der Waals surface area (Å²) in [4.78, 5) is 37.2. The highest BCUT2D eigenvalue weighted by molar-refractivity contribution is 5.92. The van der Waals surface area contributed by atoms with Crippen molar-refractivity contribution in [2.45, 2.75) is 39.0 Å². The van der Waals surface area contributed by atoms with Crippen LogP contribution in [-0.2, 0) is 23.8 Å². The monoisotopic (exact) mass is 366 g/mol. The number of carbonyl (C=O) groups excluding carboxylic acids is 3. The molecule has 144 valence electrons. The van der Waals surface area contributed by atoms with Gasteiger partial charge in [0.15, 0.2) is 0 Å². The first-order valence-corrected chi connectivity index (χ1v) is 8.14. The summed E-state index contributed by atoms with van der Waals surface area (Å²) in [5.41, 5.74) is 0.0212. The lowest BCUT2D eigenvalue weighted by Crippen LogP contribution is -2.46. The van der Waals surface area contributed by atoms with E-state index in [1.54, 1.807) is 40.0 Å². The molecular weight excluding hydrogens is 340 g/mol. The second-order valence-corrected chi connectivity index (χ2v) is 6.46. The molecule has 1 aromatic carbocycles. The first kappa shape index (κ1) is 21.4. The molecule has 0 saturated heterocycles. The van der Waals surface area contributed by atoms with Gasteiger partial charge in [0.2, 0.25) is 12.1 Å². The van der Waals surface area contributed by atoms with E-state index in [9.17, 15) is 14.4 Å². The molecule has 1 unspecified atom stereocenters. The van der Waals surface area contributed by atoms with Crippen molar-refractivity contribution in [3.63, 3.8) is 0 Å². The second kappa shape index (κ2) is 9.76. The quantitative estimate of drug-likeness (QED) is 0.586. The van der Waals surface area contributed by atoms with Gasteiger partial charge in [0.25, 0.3) is 0 Å². The number of hydrogen-bond donors (Lipinski definition) is 1. The first-order valence-electron chi connectivity index (χ1n) is 8.14. The maximum Gasteiger partial charge on any atom is 0.410 e. The molecule has 2 amide bonds. The Bertz CT molecular complexity index is 612. The molecule has 1 aromatic rings. The van der Waals surface area contributed by atoms with Gasteiger partial charge in [0.1, 0.15) is 5.60 Å². The van der Waals surface area contributed by atoms with Crippen molar-refractivity contribution in [1.82, 2.24) is 5.32 Å². The Morgan fingerprint density at radius 3 is 2.31 bits per heavy atom. The van der Waals surface area contributed by atoms with Gasteiger partial charge in [-0.3, -0.25) is 10.1 Å². The Morgan fingerprint density at radius 2 is 1.77 bits per heavy atom. The number of nitrogens with zero attached hydrogens (tertiary/aromatic N) is 1. The first-order chi connectivity index (χ1) is 12.1. The van der Waals surface area contributed by atoms with Gasteiger partial charge in [-0.2, -0.15) is 0 Å². The number of esters is 1. The van der Waals surface area contributed by atoms with Crippen LogP contribution < -0.4 is 10.2 Å². The lowest BCUT2D eigenvalue weighted by Gasteiger charge is -2.23. The van der Waals surface area contributed by atoms with Gasteiger partial charge in [0, 0.05) is 12.7 Å². The molecule has 0 aliphatic carbocycles. The summed E-state index contributed by atoms with van der Waals surface area (Å²) in [7, 11) is 2.82. The minimum absolute atomic E-state index is 0.0227. The van der Waals surface area contributed by atoms with Crippen molar-refractivity contribution < 1.29 is 28.6 Å². The van der Waals surface area contributed by atoms with Gasteiger partial charge >= 0.3 is 12.1 Å². The van der Waals surface area contributed by atoms with E-state index in [1.165, 1.54) is 12.0 Å². The number of anilines is 1. The van der Waals surface area contributed by atoms with Gasteiger partial charge in [-0.25, -0.2) is 9.59 Å². The molecule has 0 aromatic heterocycles. The third kappa shape index (κ3) is 7.52. The van der Waals surface area contributed by atoms with E-state index < -0.39 is 23.9 Å². The fourth-order valence-electron chi connectivity index (χ4n) is 1.92. The lowest BCUT2D eigenvalue weighted by molar-refractivity contribution is -0.156. The molecule has 1 N–H and O–H groups in total. The SMILES string of the molecule is COC(=O)C(NC(=O)OC(C)(C)C)OCCC(=O)N(C)c1ccccc1. The molecule has 1 rings (SSSR count). The molecular formula is C18H26N2O6. The van der Waals surface area contributed by atoms with Crippen molar-refractivity contribution in [1.29, 1.82) is 0 Å². The largest absolute Gasteiger partial charge is 0.466 e. The van der Waals surface area contributed by atoms with E-state index in [0.717, 1.165) is 5.69 Å².